The van der Waals surface area contributed by atoms with Crippen molar-refractivity contribution < 1.29 is 0 Å². The van der Waals surface area contributed by atoms with Crippen molar-refractivity contribution in [3.63, 3.8) is 0 Å². The van der Waals surface area contributed by atoms with E-state index in [0.29, 0.717) is 45.3 Å². The van der Waals surface area contributed by atoms with Gasteiger partial charge in [0.15, 0.2) is 5.82 Å². The average molecular weight is 652 g/mol. The van der Waals surface area contributed by atoms with Gasteiger partial charge >= 0.3 is 0 Å². The van der Waals surface area contributed by atoms with Gasteiger partial charge in [-0.1, -0.05) is 141 Å². The smallest absolute Gasteiger partial charge is 0.237 e. The molecular weight excluding hydrogens is 590 g/mol. The summed E-state index contributed by atoms with van der Waals surface area (Å²) in [5.41, 5.74) is 5.33. The molecule has 0 N–H and O–H groups in total. The lowest BCUT2D eigenvalue weighted by Crippen LogP contribution is -2.31. The molecule has 0 amide bonds. The Labute approximate surface area is 265 Å². The van der Waals surface area contributed by atoms with Crippen LogP contribution in [0.1, 0.15) is 111 Å². The molecule has 5 nitrogen and oxygen atoms in total. The molecule has 1 heterocycles. The first-order chi connectivity index (χ1) is 19.5. The Morgan fingerprint density at radius 2 is 0.667 bits per heavy atom. The van der Waals surface area contributed by atoms with Crippen molar-refractivity contribution >= 4 is 44.2 Å². The summed E-state index contributed by atoms with van der Waals surface area (Å²) in [6, 6.07) is 10.6. The van der Waals surface area contributed by atoms with E-state index in [1.807, 2.05) is 0 Å². The van der Waals surface area contributed by atoms with Gasteiger partial charge in [-0.05, 0) is 45.3 Å². The zero-order chi connectivity index (χ0) is 32.0. The quantitative estimate of drug-likeness (QED) is 0.179. The summed E-state index contributed by atoms with van der Waals surface area (Å²) in [7, 11) is -2.06. The van der Waals surface area contributed by atoms with Crippen LogP contribution in [0.5, 0.6) is 0 Å². The van der Waals surface area contributed by atoms with Gasteiger partial charge in [-0.15, -0.1) is 0 Å². The van der Waals surface area contributed by atoms with Crippen molar-refractivity contribution in [1.82, 2.24) is 15.0 Å². The Hall–Kier alpha value is -0.450. The predicted molar refractivity (Wildman–Crippen MR) is 199 cm³/mol. The maximum absolute atomic E-state index is 5.60. The Bertz CT molecular complexity index is 941. The summed E-state index contributed by atoms with van der Waals surface area (Å²) in [5.74, 6) is 2.60. The Balaban J connectivity index is 3.10. The van der Waals surface area contributed by atoms with Gasteiger partial charge < -0.3 is 0 Å². The van der Waals surface area contributed by atoms with Crippen LogP contribution in [0.2, 0.25) is 0 Å². The number of nitrogens with zero attached hydrogens (tertiary/aromatic N) is 5. The highest BCUT2D eigenvalue weighted by Crippen LogP contribution is 2.68. The number of aromatic nitrogens is 3. The molecule has 2 rings (SSSR count). The standard InChI is InChI=1S/C33H61N5P4/c1-22(2)39(23(3)4)37(40(24(5)6)25(7)8)32-34-31(30-20-18-17-19-21-30)35-33(36-32)38(41(26(9)10)27(11)12)42(28(13)14)29(15)16/h17-29H,1-16H3. The molecule has 1 aromatic carbocycles. The summed E-state index contributed by atoms with van der Waals surface area (Å²) in [5, 5.41) is 0. The lowest BCUT2D eigenvalue weighted by molar-refractivity contribution is 0.946. The minimum absolute atomic E-state index is 0.515. The van der Waals surface area contributed by atoms with Crippen molar-refractivity contribution in [3.05, 3.63) is 30.3 Å². The van der Waals surface area contributed by atoms with E-state index in [1.54, 1.807) is 0 Å². The molecule has 0 radical (unpaired) electrons. The molecule has 42 heavy (non-hydrogen) atoms. The van der Waals surface area contributed by atoms with Crippen LogP contribution in [0, 0.1) is 0 Å². The average Bonchev–Trinajstić information content (AvgIpc) is 2.86. The van der Waals surface area contributed by atoms with E-state index in [2.05, 4.69) is 150 Å². The second kappa shape index (κ2) is 16.7. The maximum Gasteiger partial charge on any atom is 0.237 e. The van der Waals surface area contributed by atoms with E-state index < -0.39 is 32.3 Å². The second-order valence-electron chi connectivity index (χ2n) is 13.5. The number of hydrogen-bond donors (Lipinski definition) is 0. The summed E-state index contributed by atoms with van der Waals surface area (Å²) < 4.78 is 5.48. The van der Waals surface area contributed by atoms with E-state index in [-0.39, 0.29) is 0 Å². The zero-order valence-electron chi connectivity index (χ0n) is 29.5. The molecule has 0 unspecified atom stereocenters. The molecule has 0 aliphatic heterocycles. The highest BCUT2D eigenvalue weighted by atomic mass is 31.2. The molecule has 238 valence electrons. The van der Waals surface area contributed by atoms with Crippen LogP contribution in [-0.2, 0) is 0 Å². The minimum Gasteiger partial charge on any atom is -0.297 e. The number of hydrogen-bond acceptors (Lipinski definition) is 5. The molecule has 0 aliphatic carbocycles. The van der Waals surface area contributed by atoms with E-state index in [0.717, 1.165) is 23.3 Å². The van der Waals surface area contributed by atoms with Crippen molar-refractivity contribution in [1.29, 1.82) is 0 Å². The van der Waals surface area contributed by atoms with Gasteiger partial charge in [0, 0.05) is 37.9 Å². The highest BCUT2D eigenvalue weighted by molar-refractivity contribution is 7.79. The van der Waals surface area contributed by atoms with Crippen LogP contribution in [0.15, 0.2) is 30.3 Å². The lowest BCUT2D eigenvalue weighted by Gasteiger charge is -2.47. The Kier molecular flexibility index (Phi) is 15.0. The topological polar surface area (TPSA) is 45.2 Å². The van der Waals surface area contributed by atoms with Crippen LogP contribution in [0.4, 0.5) is 11.9 Å². The van der Waals surface area contributed by atoms with E-state index >= 15 is 0 Å². The molecule has 0 spiro atoms. The monoisotopic (exact) mass is 651 g/mol. The molecule has 2 aromatic rings. The highest BCUT2D eigenvalue weighted by Gasteiger charge is 2.40. The summed E-state index contributed by atoms with van der Waals surface area (Å²) in [6.07, 6.45) is 0. The molecule has 0 atom stereocenters. The first kappa shape index (κ1) is 37.7. The van der Waals surface area contributed by atoms with Gasteiger partial charge in [-0.3, -0.25) is 8.88 Å². The summed E-state index contributed by atoms with van der Waals surface area (Å²) in [4.78, 5) is 16.4. The van der Waals surface area contributed by atoms with Gasteiger partial charge in [-0.2, -0.15) is 15.0 Å². The summed E-state index contributed by atoms with van der Waals surface area (Å²) in [6.45, 7) is 38.3. The van der Waals surface area contributed by atoms with Gasteiger partial charge in [0.25, 0.3) is 0 Å². The van der Waals surface area contributed by atoms with Crippen LogP contribution >= 0.6 is 32.3 Å². The predicted octanol–water partition coefficient (Wildman–Crippen LogP) is 12.0. The van der Waals surface area contributed by atoms with Crippen molar-refractivity contribution in [2.24, 2.45) is 0 Å². The van der Waals surface area contributed by atoms with Gasteiger partial charge in [-0.25, -0.2) is 0 Å². The van der Waals surface area contributed by atoms with E-state index in [4.69, 9.17) is 15.0 Å². The number of rotatable bonds is 15. The van der Waals surface area contributed by atoms with Crippen LogP contribution in [-0.4, -0.2) is 60.2 Å². The van der Waals surface area contributed by atoms with E-state index in [1.165, 1.54) is 0 Å². The third kappa shape index (κ3) is 9.29. The molecule has 9 heteroatoms. The third-order valence-corrected chi connectivity index (χ3v) is 20.5. The van der Waals surface area contributed by atoms with Crippen LogP contribution in [0.25, 0.3) is 11.4 Å². The second-order valence-corrected chi connectivity index (χ2v) is 27.0. The van der Waals surface area contributed by atoms with Crippen molar-refractivity contribution in [2.45, 2.75) is 156 Å². The van der Waals surface area contributed by atoms with Crippen LogP contribution < -0.4 is 8.88 Å². The SMILES string of the molecule is CC(C)P(C(C)C)N(c1nc(-c2ccccc2)nc(N(P(C(C)C)C(C)C)P(C(C)C)C(C)C)n1)P(C(C)C)C(C)C. The number of anilines is 2. The maximum atomic E-state index is 5.60. The van der Waals surface area contributed by atoms with Gasteiger partial charge in [0.1, 0.15) is 0 Å². The molecule has 0 fully saturated rings. The number of benzene rings is 1. The largest absolute Gasteiger partial charge is 0.297 e. The molecule has 0 aliphatic rings. The molecule has 1 aromatic heterocycles. The minimum atomic E-state index is -0.515. The van der Waals surface area contributed by atoms with Crippen molar-refractivity contribution in [3.8, 4) is 11.4 Å². The lowest BCUT2D eigenvalue weighted by atomic mass is 10.2. The third-order valence-electron chi connectivity index (χ3n) is 7.11. The van der Waals surface area contributed by atoms with Crippen LogP contribution in [0.3, 0.4) is 0 Å². The normalized spacial score (nSPS) is 13.0. The van der Waals surface area contributed by atoms with Gasteiger partial charge in [0.2, 0.25) is 11.9 Å². The molecule has 0 saturated carbocycles. The Morgan fingerprint density at radius 3 is 0.905 bits per heavy atom. The van der Waals surface area contributed by atoms with Gasteiger partial charge in [0.05, 0.1) is 0 Å². The fraction of sp³-hybridized carbons (Fsp3) is 0.727. The van der Waals surface area contributed by atoms with Crippen molar-refractivity contribution in [2.75, 3.05) is 8.88 Å². The summed E-state index contributed by atoms with van der Waals surface area (Å²) >= 11 is 0. The zero-order valence-corrected chi connectivity index (χ0v) is 33.1. The first-order valence-electron chi connectivity index (χ1n) is 16.1. The molecular formula is C33H61N5P4. The fourth-order valence-electron chi connectivity index (χ4n) is 6.04. The fourth-order valence-corrected chi connectivity index (χ4v) is 22.4. The van der Waals surface area contributed by atoms with E-state index in [9.17, 15) is 0 Å². The first-order valence-corrected chi connectivity index (χ1v) is 21.8. The Morgan fingerprint density at radius 1 is 0.405 bits per heavy atom. The molecule has 0 bridgehead atoms. The molecule has 0 saturated heterocycles.